The number of aryl methyl sites for hydroxylation is 2. The molecule has 2 heterocycles. The first-order chi connectivity index (χ1) is 15.1. The van der Waals surface area contributed by atoms with Crippen LogP contribution in [0.3, 0.4) is 0 Å². The summed E-state index contributed by atoms with van der Waals surface area (Å²) in [5, 5.41) is 10.8. The second-order valence-electron chi connectivity index (χ2n) is 9.93. The van der Waals surface area contributed by atoms with E-state index in [0.29, 0.717) is 19.5 Å². The lowest BCUT2D eigenvalue weighted by molar-refractivity contribution is -0.131. The smallest absolute Gasteiger partial charge is 0.223 e. The van der Waals surface area contributed by atoms with Gasteiger partial charge in [-0.2, -0.15) is 0 Å². The second-order valence-corrected chi connectivity index (χ2v) is 9.93. The Labute approximate surface area is 189 Å². The van der Waals surface area contributed by atoms with E-state index in [9.17, 15) is 9.90 Å². The molecule has 0 aliphatic carbocycles. The van der Waals surface area contributed by atoms with E-state index in [1.54, 1.807) is 0 Å². The predicted octanol–water partition coefficient (Wildman–Crippen LogP) is 4.21. The van der Waals surface area contributed by atoms with Crippen molar-refractivity contribution in [2.24, 2.45) is 0 Å². The number of benzene rings is 2. The van der Waals surface area contributed by atoms with Gasteiger partial charge in [-0.3, -0.25) is 4.79 Å². The van der Waals surface area contributed by atoms with Crippen molar-refractivity contribution in [1.29, 1.82) is 0 Å². The number of carbonyl (C=O) groups excluding carboxylic acids is 1. The first kappa shape index (κ1) is 22.3. The van der Waals surface area contributed by atoms with E-state index in [4.69, 9.17) is 9.72 Å². The minimum Gasteiger partial charge on any atom is -0.491 e. The average molecular weight is 436 g/mol. The third kappa shape index (κ3) is 4.65. The Hall–Kier alpha value is -2.86. The van der Waals surface area contributed by atoms with Crippen LogP contribution >= 0.6 is 0 Å². The van der Waals surface area contributed by atoms with E-state index in [-0.39, 0.29) is 24.0 Å². The molecular weight excluding hydrogens is 402 g/mol. The summed E-state index contributed by atoms with van der Waals surface area (Å²) >= 11 is 0. The van der Waals surface area contributed by atoms with E-state index in [1.165, 1.54) is 0 Å². The predicted molar refractivity (Wildman–Crippen MR) is 126 cm³/mol. The summed E-state index contributed by atoms with van der Waals surface area (Å²) in [6.07, 6.45) is -0.265. The third-order valence-corrected chi connectivity index (χ3v) is 6.01. The van der Waals surface area contributed by atoms with Gasteiger partial charge in [0.1, 0.15) is 24.3 Å². The number of hydrogen-bond acceptors (Lipinski definition) is 4. The van der Waals surface area contributed by atoms with Gasteiger partial charge in [-0.25, -0.2) is 4.98 Å². The molecule has 6 heteroatoms. The molecule has 6 nitrogen and oxygen atoms in total. The molecule has 0 radical (unpaired) electrons. The fourth-order valence-electron chi connectivity index (χ4n) is 4.60. The average Bonchev–Trinajstić information content (AvgIpc) is 3.26. The highest BCUT2D eigenvalue weighted by Gasteiger charge is 2.39. The second kappa shape index (κ2) is 8.58. The molecule has 3 aromatic rings. The van der Waals surface area contributed by atoms with Gasteiger partial charge < -0.3 is 19.3 Å². The lowest BCUT2D eigenvalue weighted by atomic mass is 10.1. The standard InChI is InChI=1S/C26H33N3O3/c1-17-10-18(2)12-21(11-17)32-16-20(30)15-28-23-9-7-6-8-22(23)27-25(28)19-13-24(31)29(14-19)26(3,4)5/h6-12,19-20,30H,13-16H2,1-5H3. The van der Waals surface area contributed by atoms with E-state index < -0.39 is 6.10 Å². The number of aliphatic hydroxyl groups is 1. The van der Waals surface area contributed by atoms with Crippen LogP contribution in [0.5, 0.6) is 5.75 Å². The van der Waals surface area contributed by atoms with Gasteiger partial charge in [0.15, 0.2) is 0 Å². The van der Waals surface area contributed by atoms with Crippen molar-refractivity contribution in [1.82, 2.24) is 14.5 Å². The van der Waals surface area contributed by atoms with Gasteiger partial charge in [0.25, 0.3) is 0 Å². The molecule has 1 fully saturated rings. The summed E-state index contributed by atoms with van der Waals surface area (Å²) in [5.41, 5.74) is 3.89. The Balaban J connectivity index is 1.56. The molecule has 4 rings (SSSR count). The monoisotopic (exact) mass is 435 g/mol. The number of carbonyl (C=O) groups is 1. The van der Waals surface area contributed by atoms with Crippen molar-refractivity contribution < 1.29 is 14.6 Å². The Morgan fingerprint density at radius 1 is 1.16 bits per heavy atom. The van der Waals surface area contributed by atoms with Gasteiger partial charge in [-0.15, -0.1) is 0 Å². The summed E-state index contributed by atoms with van der Waals surface area (Å²) in [5.74, 6) is 1.78. The maximum absolute atomic E-state index is 12.7. The fourth-order valence-corrected chi connectivity index (χ4v) is 4.60. The molecule has 2 unspecified atom stereocenters. The fraction of sp³-hybridized carbons (Fsp3) is 0.462. The van der Waals surface area contributed by atoms with Crippen LogP contribution in [0.2, 0.25) is 0 Å². The Morgan fingerprint density at radius 2 is 1.84 bits per heavy atom. The number of amides is 1. The number of para-hydroxylation sites is 2. The first-order valence-corrected chi connectivity index (χ1v) is 11.3. The molecule has 0 bridgehead atoms. The van der Waals surface area contributed by atoms with Gasteiger partial charge in [0, 0.05) is 24.4 Å². The van der Waals surface area contributed by atoms with Gasteiger partial charge in [0.05, 0.1) is 17.6 Å². The van der Waals surface area contributed by atoms with Crippen LogP contribution in [0.25, 0.3) is 11.0 Å². The van der Waals surface area contributed by atoms with Crippen LogP contribution in [-0.4, -0.2) is 50.3 Å². The number of likely N-dealkylation sites (tertiary alicyclic amines) is 1. The number of fused-ring (bicyclic) bond motifs is 1. The van der Waals surface area contributed by atoms with Crippen LogP contribution in [0.1, 0.15) is 50.1 Å². The molecular formula is C26H33N3O3. The Morgan fingerprint density at radius 3 is 2.50 bits per heavy atom. The zero-order chi connectivity index (χ0) is 23.0. The van der Waals surface area contributed by atoms with Crippen molar-refractivity contribution in [2.45, 2.75) is 65.1 Å². The lowest BCUT2D eigenvalue weighted by Crippen LogP contribution is -2.42. The Bertz CT molecular complexity index is 1110. The molecule has 2 aromatic carbocycles. The van der Waals surface area contributed by atoms with Crippen molar-refractivity contribution >= 4 is 16.9 Å². The van der Waals surface area contributed by atoms with Crippen molar-refractivity contribution in [3.63, 3.8) is 0 Å². The molecule has 1 N–H and O–H groups in total. The van der Waals surface area contributed by atoms with E-state index in [0.717, 1.165) is 33.7 Å². The summed E-state index contributed by atoms with van der Waals surface area (Å²) in [6, 6.07) is 14.0. The number of rotatable bonds is 6. The summed E-state index contributed by atoms with van der Waals surface area (Å²) in [6.45, 7) is 11.4. The number of imidazole rings is 1. The first-order valence-electron chi connectivity index (χ1n) is 11.3. The highest BCUT2D eigenvalue weighted by atomic mass is 16.5. The minimum absolute atomic E-state index is 0.00154. The normalized spacial score (nSPS) is 17.9. The Kier molecular flexibility index (Phi) is 5.99. The van der Waals surface area contributed by atoms with Crippen LogP contribution < -0.4 is 4.74 Å². The summed E-state index contributed by atoms with van der Waals surface area (Å²) in [4.78, 5) is 19.5. The van der Waals surface area contributed by atoms with Gasteiger partial charge in [-0.1, -0.05) is 18.2 Å². The number of aromatic nitrogens is 2. The zero-order valence-electron chi connectivity index (χ0n) is 19.6. The summed E-state index contributed by atoms with van der Waals surface area (Å²) < 4.78 is 7.95. The lowest BCUT2D eigenvalue weighted by Gasteiger charge is -2.32. The molecule has 0 saturated carbocycles. The molecule has 32 heavy (non-hydrogen) atoms. The number of nitrogens with zero attached hydrogens (tertiary/aromatic N) is 3. The van der Waals surface area contributed by atoms with Crippen LogP contribution in [0.4, 0.5) is 0 Å². The molecule has 1 aromatic heterocycles. The van der Waals surface area contributed by atoms with Gasteiger partial charge in [0.2, 0.25) is 5.91 Å². The number of aliphatic hydroxyl groups excluding tert-OH is 1. The van der Waals surface area contributed by atoms with Crippen molar-refractivity contribution in [3.8, 4) is 5.75 Å². The number of ether oxygens (including phenoxy) is 1. The van der Waals surface area contributed by atoms with Crippen LogP contribution in [0, 0.1) is 13.8 Å². The topological polar surface area (TPSA) is 67.6 Å². The molecule has 1 aliphatic heterocycles. The summed E-state index contributed by atoms with van der Waals surface area (Å²) in [7, 11) is 0. The molecule has 170 valence electrons. The van der Waals surface area contributed by atoms with Gasteiger partial charge >= 0.3 is 0 Å². The molecule has 2 atom stereocenters. The highest BCUT2D eigenvalue weighted by Crippen LogP contribution is 2.34. The molecule has 1 saturated heterocycles. The zero-order valence-corrected chi connectivity index (χ0v) is 19.6. The molecule has 1 amide bonds. The van der Waals surface area contributed by atoms with Crippen molar-refractivity contribution in [3.05, 3.63) is 59.4 Å². The van der Waals surface area contributed by atoms with Crippen LogP contribution in [0.15, 0.2) is 42.5 Å². The van der Waals surface area contributed by atoms with Crippen LogP contribution in [-0.2, 0) is 11.3 Å². The quantitative estimate of drug-likeness (QED) is 0.630. The van der Waals surface area contributed by atoms with E-state index >= 15 is 0 Å². The highest BCUT2D eigenvalue weighted by molar-refractivity contribution is 5.81. The van der Waals surface area contributed by atoms with Gasteiger partial charge in [-0.05, 0) is 70.0 Å². The number of hydrogen-bond donors (Lipinski definition) is 1. The molecule has 1 aliphatic rings. The molecule has 0 spiro atoms. The minimum atomic E-state index is -0.706. The van der Waals surface area contributed by atoms with E-state index in [2.05, 4.69) is 31.4 Å². The largest absolute Gasteiger partial charge is 0.491 e. The maximum Gasteiger partial charge on any atom is 0.223 e. The van der Waals surface area contributed by atoms with Crippen molar-refractivity contribution in [2.75, 3.05) is 13.2 Å². The maximum atomic E-state index is 12.7. The van der Waals surface area contributed by atoms with E-state index in [1.807, 2.05) is 55.1 Å². The SMILES string of the molecule is Cc1cc(C)cc(OCC(O)Cn2c(C3CC(=O)N(C(C)(C)C)C3)nc3ccccc32)c1. The third-order valence-electron chi connectivity index (χ3n) is 6.01.